The van der Waals surface area contributed by atoms with Gasteiger partial charge in [0.25, 0.3) is 0 Å². The molecule has 4 nitrogen and oxygen atoms in total. The monoisotopic (exact) mass is 290 g/mol. The molecule has 4 heteroatoms. The standard InChI is InChI=1S/C17H30N4/c1-2-11-20-12-14-21(15-13-20)17-7-5-16(6-8-17)19-10-4-3-9-18/h5-8,19H,2-4,9-15,18H2,1H3. The molecule has 1 aliphatic rings. The van der Waals surface area contributed by atoms with Crippen molar-refractivity contribution in [2.75, 3.05) is 56.0 Å². The molecule has 0 amide bonds. The SMILES string of the molecule is CCCN1CCN(c2ccc(NCCCCN)cc2)CC1. The highest BCUT2D eigenvalue weighted by Gasteiger charge is 2.16. The van der Waals surface area contributed by atoms with Crippen molar-refractivity contribution in [2.45, 2.75) is 26.2 Å². The normalized spacial score (nSPS) is 16.2. The first-order chi connectivity index (χ1) is 10.3. The molecule has 0 aromatic heterocycles. The van der Waals surface area contributed by atoms with Gasteiger partial charge in [-0.15, -0.1) is 0 Å². The van der Waals surface area contributed by atoms with Gasteiger partial charge in [-0.2, -0.15) is 0 Å². The number of hydrogen-bond acceptors (Lipinski definition) is 4. The van der Waals surface area contributed by atoms with E-state index in [-0.39, 0.29) is 0 Å². The van der Waals surface area contributed by atoms with Crippen LogP contribution in [-0.4, -0.2) is 50.7 Å². The van der Waals surface area contributed by atoms with Gasteiger partial charge in [0.15, 0.2) is 0 Å². The molecule has 1 heterocycles. The van der Waals surface area contributed by atoms with Crippen LogP contribution in [0.1, 0.15) is 26.2 Å². The molecule has 3 N–H and O–H groups in total. The molecule has 1 fully saturated rings. The number of unbranched alkanes of at least 4 members (excludes halogenated alkanes) is 1. The fourth-order valence-electron chi connectivity index (χ4n) is 2.84. The third-order valence-corrected chi connectivity index (χ3v) is 4.10. The minimum absolute atomic E-state index is 0.782. The van der Waals surface area contributed by atoms with Gasteiger partial charge in [0.05, 0.1) is 0 Å². The maximum absolute atomic E-state index is 5.50. The van der Waals surface area contributed by atoms with Crippen molar-refractivity contribution in [3.8, 4) is 0 Å². The van der Waals surface area contributed by atoms with Crippen molar-refractivity contribution in [1.82, 2.24) is 4.90 Å². The molecule has 1 aromatic carbocycles. The van der Waals surface area contributed by atoms with Crippen molar-refractivity contribution in [3.63, 3.8) is 0 Å². The predicted octanol–water partition coefficient (Wildman–Crippen LogP) is 2.37. The highest BCUT2D eigenvalue weighted by Crippen LogP contribution is 2.19. The largest absolute Gasteiger partial charge is 0.385 e. The minimum atomic E-state index is 0.782. The third kappa shape index (κ3) is 5.21. The van der Waals surface area contributed by atoms with E-state index in [2.05, 4.69) is 46.3 Å². The molecule has 0 saturated carbocycles. The fraction of sp³-hybridized carbons (Fsp3) is 0.647. The number of nitrogens with zero attached hydrogens (tertiary/aromatic N) is 2. The lowest BCUT2D eigenvalue weighted by Gasteiger charge is -2.36. The van der Waals surface area contributed by atoms with Crippen LogP contribution in [0.15, 0.2) is 24.3 Å². The van der Waals surface area contributed by atoms with Crippen LogP contribution in [0.4, 0.5) is 11.4 Å². The van der Waals surface area contributed by atoms with E-state index in [1.165, 1.54) is 37.4 Å². The van der Waals surface area contributed by atoms with Gasteiger partial charge in [-0.1, -0.05) is 6.92 Å². The maximum Gasteiger partial charge on any atom is 0.0368 e. The van der Waals surface area contributed by atoms with E-state index in [0.29, 0.717) is 0 Å². The van der Waals surface area contributed by atoms with E-state index in [0.717, 1.165) is 39.0 Å². The Morgan fingerprint density at radius 2 is 1.76 bits per heavy atom. The number of nitrogens with two attached hydrogens (primary N) is 1. The number of anilines is 2. The third-order valence-electron chi connectivity index (χ3n) is 4.10. The van der Waals surface area contributed by atoms with E-state index in [1.807, 2.05) is 0 Å². The van der Waals surface area contributed by atoms with Gasteiger partial charge in [0.1, 0.15) is 0 Å². The van der Waals surface area contributed by atoms with Crippen LogP contribution >= 0.6 is 0 Å². The van der Waals surface area contributed by atoms with E-state index in [9.17, 15) is 0 Å². The number of nitrogens with one attached hydrogen (secondary N) is 1. The molecular weight excluding hydrogens is 260 g/mol. The molecule has 0 radical (unpaired) electrons. The van der Waals surface area contributed by atoms with Gasteiger partial charge in [0.2, 0.25) is 0 Å². The van der Waals surface area contributed by atoms with E-state index in [4.69, 9.17) is 5.73 Å². The molecule has 0 aliphatic carbocycles. The van der Waals surface area contributed by atoms with Crippen molar-refractivity contribution in [3.05, 3.63) is 24.3 Å². The minimum Gasteiger partial charge on any atom is -0.385 e. The summed E-state index contributed by atoms with van der Waals surface area (Å²) in [5, 5.41) is 3.45. The second kappa shape index (κ2) is 8.90. The average molecular weight is 290 g/mol. The van der Waals surface area contributed by atoms with Crippen molar-refractivity contribution in [1.29, 1.82) is 0 Å². The van der Waals surface area contributed by atoms with Crippen LogP contribution in [0.5, 0.6) is 0 Å². The summed E-state index contributed by atoms with van der Waals surface area (Å²) in [5.41, 5.74) is 8.06. The zero-order chi connectivity index (χ0) is 14.9. The lowest BCUT2D eigenvalue weighted by Crippen LogP contribution is -2.46. The number of benzene rings is 1. The van der Waals surface area contributed by atoms with Gasteiger partial charge in [-0.3, -0.25) is 4.90 Å². The lowest BCUT2D eigenvalue weighted by atomic mass is 10.2. The Morgan fingerprint density at radius 1 is 1.05 bits per heavy atom. The Morgan fingerprint density at radius 3 is 2.38 bits per heavy atom. The Bertz CT molecular complexity index is 382. The first-order valence-electron chi connectivity index (χ1n) is 8.35. The molecule has 1 aliphatic heterocycles. The summed E-state index contributed by atoms with van der Waals surface area (Å²) < 4.78 is 0. The molecule has 0 atom stereocenters. The second-order valence-electron chi connectivity index (χ2n) is 5.80. The molecule has 118 valence electrons. The number of rotatable bonds is 8. The highest BCUT2D eigenvalue weighted by molar-refractivity contribution is 5.55. The van der Waals surface area contributed by atoms with Crippen LogP contribution < -0.4 is 16.0 Å². The molecule has 0 bridgehead atoms. The average Bonchev–Trinajstić information content (AvgIpc) is 2.53. The molecule has 0 spiro atoms. The molecule has 21 heavy (non-hydrogen) atoms. The van der Waals surface area contributed by atoms with Crippen LogP contribution in [0, 0.1) is 0 Å². The Labute approximate surface area is 129 Å². The topological polar surface area (TPSA) is 44.5 Å². The summed E-state index contributed by atoms with van der Waals surface area (Å²) >= 11 is 0. The summed E-state index contributed by atoms with van der Waals surface area (Å²) in [6, 6.07) is 8.86. The van der Waals surface area contributed by atoms with E-state index in [1.54, 1.807) is 0 Å². The predicted molar refractivity (Wildman–Crippen MR) is 92.2 cm³/mol. The quantitative estimate of drug-likeness (QED) is 0.722. The highest BCUT2D eigenvalue weighted by atomic mass is 15.3. The molecule has 1 saturated heterocycles. The second-order valence-corrected chi connectivity index (χ2v) is 5.80. The lowest BCUT2D eigenvalue weighted by molar-refractivity contribution is 0.258. The van der Waals surface area contributed by atoms with Crippen LogP contribution in [0.3, 0.4) is 0 Å². The van der Waals surface area contributed by atoms with Crippen LogP contribution in [0.25, 0.3) is 0 Å². The Balaban J connectivity index is 1.77. The first-order valence-corrected chi connectivity index (χ1v) is 8.35. The molecule has 2 rings (SSSR count). The summed E-state index contributed by atoms with van der Waals surface area (Å²) in [4.78, 5) is 5.05. The Kier molecular flexibility index (Phi) is 6.83. The van der Waals surface area contributed by atoms with Crippen molar-refractivity contribution < 1.29 is 0 Å². The molecule has 0 unspecified atom stereocenters. The van der Waals surface area contributed by atoms with Gasteiger partial charge in [0, 0.05) is 44.1 Å². The zero-order valence-corrected chi connectivity index (χ0v) is 13.4. The van der Waals surface area contributed by atoms with Crippen molar-refractivity contribution >= 4 is 11.4 Å². The number of piperazine rings is 1. The molecular formula is C17H30N4. The zero-order valence-electron chi connectivity index (χ0n) is 13.4. The smallest absolute Gasteiger partial charge is 0.0368 e. The van der Waals surface area contributed by atoms with E-state index < -0.39 is 0 Å². The first kappa shape index (κ1) is 16.1. The summed E-state index contributed by atoms with van der Waals surface area (Å²) in [7, 11) is 0. The van der Waals surface area contributed by atoms with E-state index >= 15 is 0 Å². The van der Waals surface area contributed by atoms with Gasteiger partial charge in [-0.05, 0) is 56.6 Å². The van der Waals surface area contributed by atoms with Gasteiger partial charge in [-0.25, -0.2) is 0 Å². The van der Waals surface area contributed by atoms with Crippen LogP contribution in [0.2, 0.25) is 0 Å². The summed E-state index contributed by atoms with van der Waals surface area (Å²) in [5.74, 6) is 0. The van der Waals surface area contributed by atoms with Crippen LogP contribution in [-0.2, 0) is 0 Å². The Hall–Kier alpha value is -1.26. The summed E-state index contributed by atoms with van der Waals surface area (Å²) in [6.45, 7) is 9.94. The summed E-state index contributed by atoms with van der Waals surface area (Å²) in [6.07, 6.45) is 3.48. The van der Waals surface area contributed by atoms with Gasteiger partial charge < -0.3 is 16.0 Å². The molecule has 1 aromatic rings. The fourth-order valence-corrected chi connectivity index (χ4v) is 2.84. The number of hydrogen-bond donors (Lipinski definition) is 2. The van der Waals surface area contributed by atoms with Gasteiger partial charge >= 0.3 is 0 Å². The van der Waals surface area contributed by atoms with Crippen molar-refractivity contribution in [2.24, 2.45) is 5.73 Å². The maximum atomic E-state index is 5.50.